The molecule has 440 valence electrons. The van der Waals surface area contributed by atoms with Crippen LogP contribution in [0.4, 0.5) is 0 Å². The van der Waals surface area contributed by atoms with Gasteiger partial charge in [0.15, 0.2) is 0 Å². The van der Waals surface area contributed by atoms with Gasteiger partial charge in [0.25, 0.3) is 0 Å². The zero-order chi connectivity index (χ0) is 55.6. The van der Waals surface area contributed by atoms with Crippen molar-refractivity contribution in [2.24, 2.45) is 0 Å². The second-order valence-corrected chi connectivity index (χ2v) is 25.8. The van der Waals surface area contributed by atoms with Gasteiger partial charge in [0.2, 0.25) is 0 Å². The first kappa shape index (κ1) is 80.7. The third-order valence-electron chi connectivity index (χ3n) is 14.1. The standard InChI is InChI=1S/3C21H42O2S.CH3.Sn/c3*1-3-4-5-6-7-8-9-10-11-12-13-14-15-16-17-18-19-24-20(2)21(22)23;;/h3*20H,3-19H2,1-2H3,(H,22,23);1H3;/q;;;;+3/p-3. The molecule has 0 rings (SSSR count). The fourth-order valence-corrected chi connectivity index (χ4v) is 11.5. The fraction of sp³-hybridized carbons (Fsp3) is 0.953. The summed E-state index contributed by atoms with van der Waals surface area (Å²) >= 11 is 6.08. The van der Waals surface area contributed by atoms with Gasteiger partial charge in [0.1, 0.15) is 0 Å². The molecule has 6 nitrogen and oxygen atoms in total. The number of unbranched alkanes of at least 4 members (excludes halogenated alkanes) is 45. The van der Waals surface area contributed by atoms with Gasteiger partial charge in [-0.2, -0.15) is 35.3 Å². The zero-order valence-electron chi connectivity index (χ0n) is 50.5. The Labute approximate surface area is 489 Å². The molecule has 3 atom stereocenters. The van der Waals surface area contributed by atoms with E-state index in [0.29, 0.717) is 0 Å². The number of carboxylic acid groups (broad SMARTS) is 3. The Kier molecular flexibility index (Phi) is 79.9. The Morgan fingerprint density at radius 3 is 0.473 bits per heavy atom. The molecule has 0 saturated heterocycles. The summed E-state index contributed by atoms with van der Waals surface area (Å²) in [5.74, 6) is 0.0545. The van der Waals surface area contributed by atoms with Crippen LogP contribution in [0.15, 0.2) is 0 Å². The first-order chi connectivity index (χ1) is 36.0. The number of rotatable bonds is 57. The average molecular weight is 1210 g/mol. The van der Waals surface area contributed by atoms with Crippen LogP contribution in [0, 0.1) is 0 Å². The van der Waals surface area contributed by atoms with Crippen molar-refractivity contribution in [2.75, 3.05) is 17.3 Å². The molecule has 0 aliphatic carbocycles. The van der Waals surface area contributed by atoms with Gasteiger partial charge in [-0.1, -0.05) is 310 Å². The molecular formula is C64H126O6S3Sn. The minimum absolute atomic E-state index is 0.360. The van der Waals surface area contributed by atoms with Crippen LogP contribution in [0.5, 0.6) is 0 Å². The maximum absolute atomic E-state index is 10.6. The number of hydrogen-bond acceptors (Lipinski definition) is 9. The summed E-state index contributed by atoms with van der Waals surface area (Å²) in [5.41, 5.74) is 0. The van der Waals surface area contributed by atoms with Gasteiger partial charge in [0.05, 0.1) is 17.9 Å². The van der Waals surface area contributed by atoms with E-state index < -0.39 is 17.9 Å². The number of aliphatic carboxylic acids is 3. The van der Waals surface area contributed by atoms with E-state index >= 15 is 0 Å². The molecule has 0 bridgehead atoms. The minimum atomic E-state index is -0.934. The van der Waals surface area contributed by atoms with Gasteiger partial charge in [-0.15, -0.1) is 0 Å². The fourth-order valence-electron chi connectivity index (χ4n) is 8.93. The van der Waals surface area contributed by atoms with E-state index in [1.165, 1.54) is 324 Å². The predicted octanol–water partition coefficient (Wildman–Crippen LogP) is 18.6. The summed E-state index contributed by atoms with van der Waals surface area (Å²) in [5, 5.41) is 30.6. The molecule has 0 spiro atoms. The summed E-state index contributed by atoms with van der Waals surface area (Å²) in [6.07, 6.45) is 66.1. The van der Waals surface area contributed by atoms with E-state index in [1.54, 1.807) is 43.3 Å². The molecule has 0 fully saturated rings. The van der Waals surface area contributed by atoms with Crippen LogP contribution in [0.3, 0.4) is 0 Å². The molecule has 0 aliphatic rings. The summed E-state index contributed by atoms with van der Waals surface area (Å²) in [6.45, 7) is 12.0. The van der Waals surface area contributed by atoms with Gasteiger partial charge in [-0.3, -0.25) is 0 Å². The second kappa shape index (κ2) is 73.3. The van der Waals surface area contributed by atoms with Gasteiger partial charge in [0, 0.05) is 15.7 Å². The number of carbonyl (C=O) groups excluding carboxylic acids is 3. The SMILES string of the molecule is CCCCCCCCCCCCCCCCCCSC(C)C(=O)[O-].CCCCCCCCCCCCCCCCCCSC(C)C(=O)[O-].CCCCCCCCCCCCCCCCCCSC(C)C(=O)[O-].[CH3][Sn+3]. The Balaban J connectivity index is -0.000000488. The third kappa shape index (κ3) is 76.5. The van der Waals surface area contributed by atoms with Crippen molar-refractivity contribution < 1.29 is 29.7 Å². The molecule has 0 heterocycles. The van der Waals surface area contributed by atoms with Gasteiger partial charge < -0.3 is 29.7 Å². The molecule has 0 aromatic rings. The molecular weight excluding hydrogens is 1080 g/mol. The van der Waals surface area contributed by atoms with Gasteiger partial charge in [-0.25, -0.2) is 0 Å². The Hall–Kier alpha value is 0.259. The van der Waals surface area contributed by atoms with Gasteiger partial charge >= 0.3 is 27.5 Å². The Morgan fingerprint density at radius 2 is 0.365 bits per heavy atom. The summed E-state index contributed by atoms with van der Waals surface area (Å²) < 4.78 is 0. The predicted molar refractivity (Wildman–Crippen MR) is 331 cm³/mol. The Morgan fingerprint density at radius 1 is 0.257 bits per heavy atom. The number of carbonyl (C=O) groups is 3. The summed E-state index contributed by atoms with van der Waals surface area (Å²) in [7, 11) is 0. The van der Waals surface area contributed by atoms with Crippen molar-refractivity contribution in [3.05, 3.63) is 0 Å². The number of carboxylic acids is 3. The average Bonchev–Trinajstić information content (AvgIpc) is 3.39. The number of hydrogen-bond donors (Lipinski definition) is 0. The van der Waals surface area contributed by atoms with Crippen LogP contribution in [0.25, 0.3) is 0 Å². The van der Waals surface area contributed by atoms with E-state index in [0.717, 1.165) is 36.5 Å². The van der Waals surface area contributed by atoms with Gasteiger partial charge in [-0.05, 0) is 57.3 Å². The van der Waals surface area contributed by atoms with E-state index in [9.17, 15) is 29.7 Å². The van der Waals surface area contributed by atoms with Crippen LogP contribution in [0.2, 0.25) is 4.94 Å². The first-order valence-electron chi connectivity index (χ1n) is 32.0. The molecule has 0 radical (unpaired) electrons. The third-order valence-corrected chi connectivity index (χ3v) is 17.7. The molecule has 74 heavy (non-hydrogen) atoms. The van der Waals surface area contributed by atoms with Crippen molar-refractivity contribution in [1.82, 2.24) is 0 Å². The van der Waals surface area contributed by atoms with E-state index in [1.807, 2.05) is 0 Å². The van der Waals surface area contributed by atoms with E-state index in [4.69, 9.17) is 0 Å². The monoisotopic (exact) mass is 1210 g/mol. The van der Waals surface area contributed by atoms with Crippen molar-refractivity contribution in [3.63, 3.8) is 0 Å². The Bertz CT molecular complexity index is 942. The topological polar surface area (TPSA) is 120 Å². The maximum atomic E-state index is 10.6. The van der Waals surface area contributed by atoms with Crippen molar-refractivity contribution >= 4 is 75.7 Å². The molecule has 3 unspecified atom stereocenters. The van der Waals surface area contributed by atoms with E-state index in [-0.39, 0.29) is 15.7 Å². The molecule has 0 aromatic heterocycles. The quantitative estimate of drug-likeness (QED) is 0.0433. The first-order valence-corrected chi connectivity index (χ1v) is 38.0. The summed E-state index contributed by atoms with van der Waals surface area (Å²) in [6, 6.07) is 0. The molecule has 0 amide bonds. The normalized spacial score (nSPS) is 12.2. The van der Waals surface area contributed by atoms with Crippen molar-refractivity contribution in [3.8, 4) is 0 Å². The van der Waals surface area contributed by atoms with Crippen molar-refractivity contribution in [1.29, 1.82) is 0 Å². The second-order valence-electron chi connectivity index (χ2n) is 21.4. The molecule has 0 N–H and O–H groups in total. The molecule has 0 aliphatic heterocycles. The van der Waals surface area contributed by atoms with E-state index in [2.05, 4.69) is 25.7 Å². The summed E-state index contributed by atoms with van der Waals surface area (Å²) in [4.78, 5) is 33.8. The van der Waals surface area contributed by atoms with Crippen molar-refractivity contribution in [2.45, 2.75) is 370 Å². The van der Waals surface area contributed by atoms with Crippen LogP contribution in [0.1, 0.15) is 350 Å². The van der Waals surface area contributed by atoms with Crippen LogP contribution in [-0.2, 0) is 14.4 Å². The van der Waals surface area contributed by atoms with Crippen LogP contribution >= 0.6 is 35.3 Å². The number of thioether (sulfide) groups is 3. The van der Waals surface area contributed by atoms with Crippen LogP contribution < -0.4 is 15.3 Å². The zero-order valence-corrected chi connectivity index (χ0v) is 55.8. The molecule has 10 heteroatoms. The van der Waals surface area contributed by atoms with Crippen LogP contribution in [-0.4, -0.2) is 73.4 Å². The molecule has 0 aromatic carbocycles. The molecule has 0 saturated carbocycles.